The molecule has 17 heteroatoms. The van der Waals surface area contributed by atoms with E-state index in [1.54, 1.807) is 0 Å². The summed E-state index contributed by atoms with van der Waals surface area (Å²) < 4.78 is 15.3. The maximum absolute atomic E-state index is 12.0. The van der Waals surface area contributed by atoms with Gasteiger partial charge in [0.2, 0.25) is 0 Å². The van der Waals surface area contributed by atoms with E-state index >= 15 is 0 Å². The summed E-state index contributed by atoms with van der Waals surface area (Å²) in [6.07, 6.45) is 2.32. The van der Waals surface area contributed by atoms with Gasteiger partial charge in [-0.2, -0.15) is 0 Å². The van der Waals surface area contributed by atoms with Crippen LogP contribution in [0.15, 0.2) is 0 Å². The van der Waals surface area contributed by atoms with Crippen LogP contribution < -0.4 is 0 Å². The summed E-state index contributed by atoms with van der Waals surface area (Å²) in [5.41, 5.74) is 0. The quantitative estimate of drug-likeness (QED) is 0.228. The van der Waals surface area contributed by atoms with Crippen molar-refractivity contribution < 1.29 is 36.1 Å². The number of carboxylic acids is 1. The average molecular weight is 725 g/mol. The van der Waals surface area contributed by atoms with E-state index in [0.29, 0.717) is 26.3 Å². The fourth-order valence-electron chi connectivity index (χ4n) is 6.59. The number of carboxylic acid groups (broad SMARTS) is 1. The predicted octanol–water partition coefficient (Wildman–Crippen LogP) is -2.93. The smallest absolute Gasteiger partial charge is 0.317 e. The van der Waals surface area contributed by atoms with Gasteiger partial charge in [0.15, 0.2) is 0 Å². The Morgan fingerprint density at radius 2 is 0.957 bits per heavy atom. The molecule has 0 aromatic rings. The zero-order valence-corrected chi connectivity index (χ0v) is 30.3. The molecule has 6 heterocycles. The van der Waals surface area contributed by atoms with Crippen molar-refractivity contribution >= 4 is 42.5 Å². The number of fused-ring (bicyclic) bond motifs is 16. The second-order valence-electron chi connectivity index (χ2n) is 12.9. The molecule has 1 N–H and O–H groups in total. The zero-order chi connectivity index (χ0) is 33.3. The van der Waals surface area contributed by atoms with Gasteiger partial charge in [-0.15, -0.1) is 0 Å². The number of nitrogens with zero attached hydrogens (tertiary/aromatic N) is 8. The van der Waals surface area contributed by atoms with Crippen LogP contribution in [0.25, 0.3) is 0 Å². The largest absolute Gasteiger partial charge is 0.480 e. The van der Waals surface area contributed by atoms with Crippen molar-refractivity contribution in [1.82, 2.24) is 39.2 Å². The summed E-state index contributed by atoms with van der Waals surface area (Å²) in [5.74, 6) is -1.28. The maximum atomic E-state index is 12.0. The van der Waals surface area contributed by atoms with Crippen molar-refractivity contribution in [2.75, 3.05) is 157 Å². The van der Waals surface area contributed by atoms with E-state index in [9.17, 15) is 19.2 Å². The van der Waals surface area contributed by atoms with E-state index in [-0.39, 0.29) is 18.5 Å². The molecule has 1 radical (unpaired) electrons. The molecule has 6 bridgehead atoms. The molecule has 0 aromatic heterocycles. The molecule has 0 saturated carbocycles. The summed E-state index contributed by atoms with van der Waals surface area (Å²) >= 11 is -1.72. The number of aliphatic carboxylic acids is 1. The fraction of sp³-hybridized carbons (Fsp3) is 0.867. The molecular formula is C30H54GaN8O8. The molecule has 0 aromatic carbocycles. The number of rotatable bonds is 5. The van der Waals surface area contributed by atoms with Crippen molar-refractivity contribution in [1.29, 1.82) is 0 Å². The summed E-state index contributed by atoms with van der Waals surface area (Å²) in [6.45, 7) is 20.0. The van der Waals surface area contributed by atoms with Crippen LogP contribution in [0.4, 0.5) is 0 Å². The summed E-state index contributed by atoms with van der Waals surface area (Å²) in [4.78, 5) is 63.7. The van der Waals surface area contributed by atoms with Crippen molar-refractivity contribution in [3.05, 3.63) is 0 Å². The van der Waals surface area contributed by atoms with E-state index in [1.165, 1.54) is 6.42 Å². The first-order valence-corrected chi connectivity index (χ1v) is 19.1. The first kappa shape index (κ1) is 38.0. The Morgan fingerprint density at radius 1 is 0.596 bits per heavy atom. The minimum atomic E-state index is -1.72. The number of hydrogen-bond acceptors (Lipinski definition) is 15. The van der Waals surface area contributed by atoms with Crippen LogP contribution in [0.3, 0.4) is 0 Å². The normalized spacial score (nSPS) is 32.3. The minimum absolute atomic E-state index is 0.112. The zero-order valence-electron chi connectivity index (χ0n) is 27.9. The molecular weight excluding hydrogens is 670 g/mol. The average Bonchev–Trinajstić information content (AvgIpc) is 3.05. The molecule has 0 spiro atoms. The molecule has 2 atom stereocenters. The van der Waals surface area contributed by atoms with Crippen LogP contribution in [0.1, 0.15) is 12.8 Å². The first-order chi connectivity index (χ1) is 22.9. The summed E-state index contributed by atoms with van der Waals surface area (Å²) in [6, 6.07) is 0. The molecule has 6 aliphatic rings. The van der Waals surface area contributed by atoms with E-state index < -0.39 is 24.1 Å². The Bertz CT molecular complexity index is 912. The van der Waals surface area contributed by atoms with E-state index in [2.05, 4.69) is 34.3 Å². The second kappa shape index (κ2) is 21.3. The number of carbonyl (C=O) groups excluding carboxylic acids is 3. The van der Waals surface area contributed by atoms with E-state index in [4.69, 9.17) is 16.9 Å². The van der Waals surface area contributed by atoms with Crippen LogP contribution >= 0.6 is 0 Å². The molecule has 0 aliphatic carbocycles. The van der Waals surface area contributed by atoms with Gasteiger partial charge >= 0.3 is 157 Å². The number of carbonyl (C=O) groups is 4. The predicted molar refractivity (Wildman–Crippen MR) is 173 cm³/mol. The monoisotopic (exact) mass is 723 g/mol. The third-order valence-electron chi connectivity index (χ3n) is 9.51. The van der Waals surface area contributed by atoms with E-state index in [1.807, 2.05) is 4.90 Å². The molecule has 2 unspecified atom stereocenters. The third kappa shape index (κ3) is 15.1. The maximum Gasteiger partial charge on any atom is 0.317 e. The molecule has 16 nitrogen and oxygen atoms in total. The van der Waals surface area contributed by atoms with Gasteiger partial charge in [-0.3, -0.25) is 19.4 Å². The Labute approximate surface area is 287 Å². The molecule has 6 saturated heterocycles. The standard InChI is InChI=1S/2C15H28N4O4.Ga/c20-14-23-13-19-10-6-16-2-1-3-17(7-11-19)5-9-18(8-4-16)12-15(21)22;20-14(21)12-18-8-4-16-2-1-3-17(6-10-18)7-11-19(9-5-16)13-15(22)23;/h14H,1-13H2,(H,21,22);1-13H2,(H,20,21)(H,22,23);/q;;+2/p-2. The van der Waals surface area contributed by atoms with Gasteiger partial charge in [0.1, 0.15) is 6.73 Å². The Balaban J connectivity index is 0.000000213. The van der Waals surface area contributed by atoms with Gasteiger partial charge in [0, 0.05) is 52.4 Å². The number of hydrogen-bond donors (Lipinski definition) is 1. The van der Waals surface area contributed by atoms with Crippen molar-refractivity contribution in [2.24, 2.45) is 0 Å². The van der Waals surface area contributed by atoms with Crippen molar-refractivity contribution in [3.63, 3.8) is 0 Å². The molecule has 47 heavy (non-hydrogen) atoms. The molecule has 0 amide bonds. The van der Waals surface area contributed by atoms with Crippen LogP contribution in [-0.2, 0) is 31.0 Å². The van der Waals surface area contributed by atoms with Crippen LogP contribution in [0.2, 0.25) is 0 Å². The van der Waals surface area contributed by atoms with E-state index in [0.717, 1.165) is 137 Å². The SMILES string of the molecule is O=C1CN2CCN3CCCN(CC2)CCN(CC3)CC(=O)[O][Ga][O]1.O=COCN1CCN2CCCN(CC1)CCN(CC(=O)O)CC2. The molecule has 6 aliphatic heterocycles. The van der Waals surface area contributed by atoms with Gasteiger partial charge in [-0.05, 0) is 19.5 Å². The van der Waals surface area contributed by atoms with Gasteiger partial charge in [0.05, 0.1) is 6.54 Å². The summed E-state index contributed by atoms with van der Waals surface area (Å²) in [5, 5.41) is 9.06. The first-order valence-electron chi connectivity index (χ1n) is 17.1. The number of ether oxygens (including phenoxy) is 1. The Morgan fingerprint density at radius 3 is 1.34 bits per heavy atom. The minimum Gasteiger partial charge on any atom is -0.480 e. The van der Waals surface area contributed by atoms with Gasteiger partial charge in [0.25, 0.3) is 6.47 Å². The Kier molecular flexibility index (Phi) is 17.2. The Hall–Kier alpha value is -1.80. The second-order valence-corrected chi connectivity index (χ2v) is 14.3. The van der Waals surface area contributed by atoms with Crippen LogP contribution in [0, 0.1) is 0 Å². The van der Waals surface area contributed by atoms with Gasteiger partial charge in [-0.25, -0.2) is 0 Å². The van der Waals surface area contributed by atoms with Gasteiger partial charge in [-0.1, -0.05) is 0 Å². The van der Waals surface area contributed by atoms with Crippen molar-refractivity contribution in [2.45, 2.75) is 12.8 Å². The third-order valence-corrected chi connectivity index (χ3v) is 11.0. The van der Waals surface area contributed by atoms with Crippen LogP contribution in [0.5, 0.6) is 0 Å². The fourth-order valence-corrected chi connectivity index (χ4v) is 7.45. The van der Waals surface area contributed by atoms with Crippen LogP contribution in [-0.4, -0.2) is 244 Å². The molecule has 6 rings (SSSR count). The molecule has 6 fully saturated rings. The summed E-state index contributed by atoms with van der Waals surface area (Å²) in [7, 11) is 0. The molecule has 265 valence electrons. The topological polar surface area (TPSA) is 142 Å². The van der Waals surface area contributed by atoms with Gasteiger partial charge < -0.3 is 19.6 Å². The van der Waals surface area contributed by atoms with Crippen molar-refractivity contribution in [3.8, 4) is 0 Å².